The van der Waals surface area contributed by atoms with Gasteiger partial charge in [-0.25, -0.2) is 0 Å². The maximum atomic E-state index is 12.8. The van der Waals surface area contributed by atoms with Crippen molar-refractivity contribution in [2.45, 2.75) is 192 Å². The Hall–Kier alpha value is -1.04. The van der Waals surface area contributed by atoms with Gasteiger partial charge in [-0.05, 0) is 38.5 Å². The number of hydrogen-bond donors (Lipinski definition) is 3. The summed E-state index contributed by atoms with van der Waals surface area (Å²) < 4.78 is 0. The standard InChI is InChI=1S/C35H66O5/c1-3-5-7-9-11-13-15-17-19-21-23-25-27-29-32(37)35(40,34(39)31-36)33(38)30-28-26-24-22-20-18-16-14-12-10-8-6-4-2/h13,15,34,36,39-40H,3-12,14,16-31H2,1-2H3. The van der Waals surface area contributed by atoms with Gasteiger partial charge in [0.25, 0.3) is 0 Å². The summed E-state index contributed by atoms with van der Waals surface area (Å²) in [5, 5.41) is 30.5. The number of Topliss-reactive ketones (excluding diaryl/α,β-unsaturated/α-hetero) is 2. The number of allylic oxidation sites excluding steroid dienone is 2. The third-order valence-corrected chi connectivity index (χ3v) is 8.18. The van der Waals surface area contributed by atoms with Crippen molar-refractivity contribution in [2.75, 3.05) is 6.61 Å². The predicted molar refractivity (Wildman–Crippen MR) is 169 cm³/mol. The maximum Gasteiger partial charge on any atom is 0.209 e. The molecule has 0 saturated carbocycles. The molecule has 0 aromatic rings. The van der Waals surface area contributed by atoms with Crippen molar-refractivity contribution in [3.63, 3.8) is 0 Å². The van der Waals surface area contributed by atoms with E-state index in [0.717, 1.165) is 51.4 Å². The van der Waals surface area contributed by atoms with Crippen molar-refractivity contribution >= 4 is 11.6 Å². The third kappa shape index (κ3) is 19.9. The number of hydrogen-bond acceptors (Lipinski definition) is 5. The van der Waals surface area contributed by atoms with Crippen LogP contribution in [0.1, 0.15) is 181 Å². The van der Waals surface area contributed by atoms with Crippen LogP contribution >= 0.6 is 0 Å². The number of aliphatic hydroxyl groups excluding tert-OH is 2. The fraction of sp³-hybridized carbons (Fsp3) is 0.886. The van der Waals surface area contributed by atoms with Crippen LogP contribution in [-0.4, -0.2) is 45.2 Å². The molecule has 0 bridgehead atoms. The highest BCUT2D eigenvalue weighted by molar-refractivity contribution is 6.10. The van der Waals surface area contributed by atoms with E-state index in [1.807, 2.05) is 0 Å². The zero-order valence-electron chi connectivity index (χ0n) is 26.5. The summed E-state index contributed by atoms with van der Waals surface area (Å²) in [5.41, 5.74) is -2.48. The number of rotatable bonds is 31. The van der Waals surface area contributed by atoms with Crippen molar-refractivity contribution in [1.29, 1.82) is 0 Å². The van der Waals surface area contributed by atoms with Crippen LogP contribution in [-0.2, 0) is 9.59 Å². The van der Waals surface area contributed by atoms with Crippen LogP contribution in [0.2, 0.25) is 0 Å². The van der Waals surface area contributed by atoms with Crippen LogP contribution in [0, 0.1) is 0 Å². The number of carbonyl (C=O) groups is 2. The van der Waals surface area contributed by atoms with Crippen molar-refractivity contribution in [3.8, 4) is 0 Å². The number of ketones is 2. The van der Waals surface area contributed by atoms with E-state index in [0.29, 0.717) is 12.8 Å². The molecule has 0 fully saturated rings. The van der Waals surface area contributed by atoms with E-state index < -0.39 is 29.9 Å². The van der Waals surface area contributed by atoms with Gasteiger partial charge in [-0.1, -0.05) is 142 Å². The van der Waals surface area contributed by atoms with Gasteiger partial charge in [0.2, 0.25) is 5.60 Å². The Morgan fingerprint density at radius 1 is 0.550 bits per heavy atom. The second-order valence-electron chi connectivity index (χ2n) is 11.9. The van der Waals surface area contributed by atoms with Gasteiger partial charge in [-0.3, -0.25) is 9.59 Å². The smallest absolute Gasteiger partial charge is 0.209 e. The van der Waals surface area contributed by atoms with E-state index in [1.54, 1.807) is 0 Å². The average Bonchev–Trinajstić information content (AvgIpc) is 2.96. The molecule has 0 amide bonds. The van der Waals surface area contributed by atoms with Gasteiger partial charge < -0.3 is 15.3 Å². The summed E-state index contributed by atoms with van der Waals surface area (Å²) >= 11 is 0. The number of carbonyl (C=O) groups excluding carboxylic acids is 2. The summed E-state index contributed by atoms with van der Waals surface area (Å²) in [4.78, 5) is 25.6. The topological polar surface area (TPSA) is 94.8 Å². The van der Waals surface area contributed by atoms with Crippen LogP contribution in [0.15, 0.2) is 12.2 Å². The minimum atomic E-state index is -2.48. The lowest BCUT2D eigenvalue weighted by Crippen LogP contribution is -2.57. The Morgan fingerprint density at radius 2 is 0.850 bits per heavy atom. The highest BCUT2D eigenvalue weighted by atomic mass is 16.4. The highest BCUT2D eigenvalue weighted by Gasteiger charge is 2.48. The second-order valence-corrected chi connectivity index (χ2v) is 11.9. The normalized spacial score (nSPS) is 14.0. The molecule has 2 unspecified atom stereocenters. The Bertz CT molecular complexity index is 617. The Morgan fingerprint density at radius 3 is 1.20 bits per heavy atom. The first-order valence-electron chi connectivity index (χ1n) is 17.2. The molecule has 0 aromatic carbocycles. The lowest BCUT2D eigenvalue weighted by atomic mass is 9.82. The fourth-order valence-electron chi connectivity index (χ4n) is 5.35. The van der Waals surface area contributed by atoms with Crippen molar-refractivity contribution in [1.82, 2.24) is 0 Å². The third-order valence-electron chi connectivity index (χ3n) is 8.18. The van der Waals surface area contributed by atoms with Gasteiger partial charge in [0, 0.05) is 12.8 Å². The molecule has 0 radical (unpaired) electrons. The van der Waals surface area contributed by atoms with Crippen LogP contribution in [0.4, 0.5) is 0 Å². The quantitative estimate of drug-likeness (QED) is 0.0442. The van der Waals surface area contributed by atoms with Gasteiger partial charge in [0.1, 0.15) is 6.10 Å². The van der Waals surface area contributed by atoms with Gasteiger partial charge in [-0.2, -0.15) is 0 Å². The van der Waals surface area contributed by atoms with Gasteiger partial charge in [-0.15, -0.1) is 0 Å². The summed E-state index contributed by atoms with van der Waals surface area (Å²) in [6.45, 7) is 3.67. The zero-order valence-corrected chi connectivity index (χ0v) is 26.5. The minimum absolute atomic E-state index is 0.0512. The molecular weight excluding hydrogens is 500 g/mol. The van der Waals surface area contributed by atoms with E-state index in [2.05, 4.69) is 26.0 Å². The van der Waals surface area contributed by atoms with Crippen LogP contribution in [0.25, 0.3) is 0 Å². The van der Waals surface area contributed by atoms with Gasteiger partial charge >= 0.3 is 0 Å². The minimum Gasteiger partial charge on any atom is -0.394 e. The first-order valence-corrected chi connectivity index (χ1v) is 17.2. The highest BCUT2D eigenvalue weighted by Crippen LogP contribution is 2.22. The lowest BCUT2D eigenvalue weighted by molar-refractivity contribution is -0.166. The largest absolute Gasteiger partial charge is 0.394 e. The second kappa shape index (κ2) is 28.1. The summed E-state index contributed by atoms with van der Waals surface area (Å²) in [6, 6.07) is 0. The van der Waals surface area contributed by atoms with E-state index in [4.69, 9.17) is 0 Å². The molecule has 0 aromatic heterocycles. The van der Waals surface area contributed by atoms with E-state index in [1.165, 1.54) is 89.9 Å². The molecule has 40 heavy (non-hydrogen) atoms. The Labute approximate surface area is 247 Å². The van der Waals surface area contributed by atoms with E-state index in [9.17, 15) is 24.9 Å². The van der Waals surface area contributed by atoms with E-state index >= 15 is 0 Å². The molecule has 0 rings (SSSR count). The molecule has 5 nitrogen and oxygen atoms in total. The molecule has 0 saturated heterocycles. The predicted octanol–water partition coefficient (Wildman–Crippen LogP) is 8.95. The van der Waals surface area contributed by atoms with Gasteiger partial charge in [0.05, 0.1) is 6.61 Å². The molecule has 236 valence electrons. The molecular formula is C35H66O5. The molecule has 0 aliphatic carbocycles. The Kier molecular flexibility index (Phi) is 27.4. The lowest BCUT2D eigenvalue weighted by Gasteiger charge is -2.29. The zero-order chi connectivity index (χ0) is 29.7. The molecule has 0 aliphatic rings. The Balaban J connectivity index is 4.05. The molecule has 2 atom stereocenters. The van der Waals surface area contributed by atoms with Crippen LogP contribution in [0.5, 0.6) is 0 Å². The van der Waals surface area contributed by atoms with E-state index in [-0.39, 0.29) is 12.8 Å². The monoisotopic (exact) mass is 566 g/mol. The number of unbranched alkanes of at least 4 members (excludes halogenated alkanes) is 21. The summed E-state index contributed by atoms with van der Waals surface area (Å²) in [5.74, 6) is -1.30. The molecule has 3 N–H and O–H groups in total. The molecule has 0 spiro atoms. The first kappa shape index (κ1) is 39.0. The molecule has 0 aliphatic heterocycles. The summed E-state index contributed by atoms with van der Waals surface area (Å²) in [6.07, 6.45) is 30.5. The molecule has 5 heteroatoms. The first-order chi connectivity index (χ1) is 19.4. The van der Waals surface area contributed by atoms with Crippen LogP contribution in [0.3, 0.4) is 0 Å². The van der Waals surface area contributed by atoms with Crippen molar-refractivity contribution in [2.24, 2.45) is 0 Å². The molecule has 0 heterocycles. The SMILES string of the molecule is CCCCCCC=CCCCCCCCC(=O)C(O)(C(=O)CCCCCCCCCCCCCCC)C(O)CO. The van der Waals surface area contributed by atoms with Crippen molar-refractivity contribution < 1.29 is 24.9 Å². The maximum absolute atomic E-state index is 12.8. The van der Waals surface area contributed by atoms with Gasteiger partial charge in [0.15, 0.2) is 11.6 Å². The number of aliphatic hydroxyl groups is 3. The average molecular weight is 567 g/mol. The summed E-state index contributed by atoms with van der Waals surface area (Å²) in [7, 11) is 0. The fourth-order valence-corrected chi connectivity index (χ4v) is 5.35. The van der Waals surface area contributed by atoms with Crippen LogP contribution < -0.4 is 0 Å². The van der Waals surface area contributed by atoms with Crippen molar-refractivity contribution in [3.05, 3.63) is 12.2 Å².